The third kappa shape index (κ3) is 2.69. The van der Waals surface area contributed by atoms with Gasteiger partial charge in [0.15, 0.2) is 0 Å². The molecule has 2 radical (unpaired) electrons. The van der Waals surface area contributed by atoms with Gasteiger partial charge in [0.25, 0.3) is 0 Å². The molecular weight excluding hydrogens is 335 g/mol. The number of hydrogen-bond acceptors (Lipinski definition) is 3. The zero-order chi connectivity index (χ0) is 13.2. The summed E-state index contributed by atoms with van der Waals surface area (Å²) in [5, 5.41) is 2.20. The first-order chi connectivity index (χ1) is 8.56. The van der Waals surface area contributed by atoms with Gasteiger partial charge in [0.1, 0.15) is 0 Å². The molecule has 0 unspecified atom stereocenters. The Morgan fingerprint density at radius 1 is 1.28 bits per heavy atom. The van der Waals surface area contributed by atoms with Crippen LogP contribution in [0.1, 0.15) is 0 Å². The van der Waals surface area contributed by atoms with E-state index in [0.717, 1.165) is 0 Å². The van der Waals surface area contributed by atoms with Crippen molar-refractivity contribution in [2.24, 2.45) is 0 Å². The molecule has 1 N–H and O–H groups in total. The van der Waals surface area contributed by atoms with Crippen LogP contribution in [0.2, 0.25) is 10.4 Å². The molecule has 0 bridgehead atoms. The van der Waals surface area contributed by atoms with Crippen LogP contribution in [0.15, 0.2) is 35.4 Å². The second kappa shape index (κ2) is 5.57. The number of nitrogens with one attached hydrogen (secondary N) is 1. The number of aromatic nitrogens is 1. The van der Waals surface area contributed by atoms with Crippen LogP contribution in [0.25, 0.3) is 10.8 Å². The number of benzene rings is 1. The molecule has 0 amide bonds. The minimum absolute atomic E-state index is 0.227. The Balaban J connectivity index is 2.62. The first-order valence-electron chi connectivity index (χ1n) is 5.20. The fourth-order valence-electron chi connectivity index (χ4n) is 1.63. The number of sulfonamides is 1. The van der Waals surface area contributed by atoms with Crippen LogP contribution in [0.3, 0.4) is 0 Å². The molecule has 7 heteroatoms. The number of pyridine rings is 1. The van der Waals surface area contributed by atoms with Crippen LogP contribution in [0.5, 0.6) is 0 Å². The van der Waals surface area contributed by atoms with Gasteiger partial charge < -0.3 is 0 Å². The van der Waals surface area contributed by atoms with Crippen LogP contribution in [-0.4, -0.2) is 36.8 Å². The van der Waals surface area contributed by atoms with Gasteiger partial charge in [-0.3, -0.25) is 0 Å². The Bertz CT molecular complexity index is 676. The molecule has 0 aliphatic carbocycles. The van der Waals surface area contributed by atoms with Crippen LogP contribution in [0, 0.1) is 0 Å². The van der Waals surface area contributed by atoms with E-state index in [1.54, 1.807) is 24.3 Å². The van der Waals surface area contributed by atoms with Crippen LogP contribution in [0.4, 0.5) is 0 Å². The molecule has 0 fully saturated rings. The fraction of sp³-hybridized carbons (Fsp3) is 0.182. The maximum absolute atomic E-state index is 12.1. The summed E-state index contributed by atoms with van der Waals surface area (Å²) in [7, 11) is -3.51. The van der Waals surface area contributed by atoms with Gasteiger partial charge in [-0.15, -0.1) is 0 Å². The van der Waals surface area contributed by atoms with Crippen molar-refractivity contribution in [3.05, 3.63) is 35.6 Å². The second-order valence-electron chi connectivity index (χ2n) is 3.57. The predicted molar refractivity (Wildman–Crippen MR) is 72.5 cm³/mol. The quantitative estimate of drug-likeness (QED) is 0.679. The van der Waals surface area contributed by atoms with E-state index in [0.29, 0.717) is 27.7 Å². The van der Waals surface area contributed by atoms with Crippen molar-refractivity contribution in [1.82, 2.24) is 9.71 Å². The first-order valence-corrected chi connectivity index (χ1v) is 8.39. The second-order valence-corrected chi connectivity index (χ2v) is 6.61. The molecule has 0 atom stereocenters. The van der Waals surface area contributed by atoms with Gasteiger partial charge in [-0.05, 0) is 0 Å². The van der Waals surface area contributed by atoms with Gasteiger partial charge in [0.05, 0.1) is 0 Å². The number of rotatable bonds is 4. The van der Waals surface area contributed by atoms with E-state index in [2.05, 4.69) is 26.6 Å². The monoisotopic (exact) mass is 344 g/mol. The third-order valence-corrected chi connectivity index (χ3v) is 4.70. The molecule has 0 saturated carbocycles. The van der Waals surface area contributed by atoms with Crippen LogP contribution < -0.4 is 4.72 Å². The van der Waals surface area contributed by atoms with E-state index in [1.165, 1.54) is 6.20 Å². The maximum atomic E-state index is 12.1. The zero-order valence-corrected chi connectivity index (χ0v) is 12.7. The van der Waals surface area contributed by atoms with E-state index in [4.69, 9.17) is 11.6 Å². The third-order valence-electron chi connectivity index (χ3n) is 2.41. The summed E-state index contributed by atoms with van der Waals surface area (Å²) in [5.41, 5.74) is 0. The van der Waals surface area contributed by atoms with Crippen molar-refractivity contribution in [3.63, 3.8) is 0 Å². The standard InChI is InChI=1S/C11H10AsClN2O2S/c12-5-7-15-18(16,17)10-3-1-2-9-8(10)4-6-14-11(9)13/h1-4,6,15H,5,7H2. The van der Waals surface area contributed by atoms with Crippen molar-refractivity contribution in [3.8, 4) is 0 Å². The molecule has 1 aromatic carbocycles. The predicted octanol–water partition coefficient (Wildman–Crippen LogP) is 1.75. The van der Waals surface area contributed by atoms with Crippen LogP contribution in [-0.2, 0) is 10.0 Å². The van der Waals surface area contributed by atoms with E-state index in [9.17, 15) is 8.42 Å². The summed E-state index contributed by atoms with van der Waals surface area (Å²) in [6.07, 6.45) is 1.50. The van der Waals surface area contributed by atoms with E-state index >= 15 is 0 Å². The summed E-state index contributed by atoms with van der Waals surface area (Å²) < 4.78 is 26.8. The normalized spacial score (nSPS) is 11.9. The molecule has 0 saturated heterocycles. The fourth-order valence-corrected chi connectivity index (χ4v) is 3.67. The van der Waals surface area contributed by atoms with Crippen molar-refractivity contribution in [1.29, 1.82) is 0 Å². The van der Waals surface area contributed by atoms with Gasteiger partial charge in [-0.25, -0.2) is 0 Å². The van der Waals surface area contributed by atoms with Crippen LogP contribution >= 0.6 is 11.6 Å². The minimum atomic E-state index is -3.51. The topological polar surface area (TPSA) is 59.1 Å². The Labute approximate surface area is 119 Å². The van der Waals surface area contributed by atoms with E-state index < -0.39 is 10.0 Å². The van der Waals surface area contributed by atoms with Gasteiger partial charge in [-0.2, -0.15) is 0 Å². The first kappa shape index (κ1) is 13.8. The Hall–Kier alpha value is -0.612. The van der Waals surface area contributed by atoms with Gasteiger partial charge in [0, 0.05) is 0 Å². The number of halogens is 1. The Morgan fingerprint density at radius 3 is 2.78 bits per heavy atom. The SMILES string of the molecule is O=S(=O)(NCC[As])c1cccc2c(Cl)nccc12. The van der Waals surface area contributed by atoms with Crippen molar-refractivity contribution in [2.75, 3.05) is 6.54 Å². The van der Waals surface area contributed by atoms with E-state index in [1.807, 2.05) is 0 Å². The number of hydrogen-bond donors (Lipinski definition) is 1. The summed E-state index contributed by atoms with van der Waals surface area (Å²) in [4.78, 5) is 4.17. The summed E-state index contributed by atoms with van der Waals surface area (Å²) in [6, 6.07) is 6.62. The van der Waals surface area contributed by atoms with Gasteiger partial charge in [-0.1, -0.05) is 0 Å². The number of nitrogens with zero attached hydrogens (tertiary/aromatic N) is 1. The summed E-state index contributed by atoms with van der Waals surface area (Å²) in [6.45, 7) is 0.386. The van der Waals surface area contributed by atoms with Crippen molar-refractivity contribution in [2.45, 2.75) is 10.1 Å². The zero-order valence-electron chi connectivity index (χ0n) is 9.30. The van der Waals surface area contributed by atoms with Crippen molar-refractivity contribution >= 4 is 49.2 Å². The summed E-state index contributed by atoms with van der Waals surface area (Å²) >= 11 is 8.29. The molecule has 1 heterocycles. The molecular formula is C11H10AsClN2O2S. The van der Waals surface area contributed by atoms with Crippen molar-refractivity contribution < 1.29 is 8.42 Å². The molecule has 4 nitrogen and oxygen atoms in total. The molecule has 2 rings (SSSR count). The Kier molecular flexibility index (Phi) is 4.28. The molecule has 2 aromatic rings. The van der Waals surface area contributed by atoms with E-state index in [-0.39, 0.29) is 4.90 Å². The number of fused-ring (bicyclic) bond motifs is 1. The molecule has 18 heavy (non-hydrogen) atoms. The Morgan fingerprint density at radius 2 is 2.06 bits per heavy atom. The molecule has 94 valence electrons. The summed E-state index contributed by atoms with van der Waals surface area (Å²) in [5.74, 6) is 0. The molecule has 0 aliphatic heterocycles. The molecule has 0 aliphatic rings. The molecule has 0 spiro atoms. The molecule has 1 aromatic heterocycles. The average Bonchev–Trinajstić information content (AvgIpc) is 2.36. The van der Waals surface area contributed by atoms with Gasteiger partial charge >= 0.3 is 120 Å². The van der Waals surface area contributed by atoms with Gasteiger partial charge in [0.2, 0.25) is 0 Å². The average molecular weight is 345 g/mol.